The van der Waals surface area contributed by atoms with E-state index in [1.54, 1.807) is 24.3 Å². The number of hydrogen-bond acceptors (Lipinski definition) is 5. The molecule has 35 heavy (non-hydrogen) atoms. The average molecular weight is 551 g/mol. The second kappa shape index (κ2) is 10.9. The number of anilines is 1. The summed E-state index contributed by atoms with van der Waals surface area (Å²) in [6.07, 6.45) is 1.62. The van der Waals surface area contributed by atoms with Gasteiger partial charge in [-0.3, -0.25) is 19.3 Å². The summed E-state index contributed by atoms with van der Waals surface area (Å²) in [5.41, 5.74) is 4.30. The average Bonchev–Trinajstić information content (AvgIpc) is 3.07. The summed E-state index contributed by atoms with van der Waals surface area (Å²) in [7, 11) is 0. The molecular weight excluding hydrogens is 528 g/mol. The highest BCUT2D eigenvalue weighted by molar-refractivity contribution is 9.10. The van der Waals surface area contributed by atoms with Crippen molar-refractivity contribution in [2.24, 2.45) is 0 Å². The number of aryl methyl sites for hydroxylation is 2. The zero-order valence-corrected chi connectivity index (χ0v) is 21.6. The van der Waals surface area contributed by atoms with Crippen LogP contribution in [0.2, 0.25) is 0 Å². The van der Waals surface area contributed by atoms with Gasteiger partial charge in [0.25, 0.3) is 17.1 Å². The summed E-state index contributed by atoms with van der Waals surface area (Å²) in [5.74, 6) is -0.232. The lowest BCUT2D eigenvalue weighted by molar-refractivity contribution is -0.123. The molecule has 0 bridgehead atoms. The van der Waals surface area contributed by atoms with Gasteiger partial charge in [0.2, 0.25) is 0 Å². The molecule has 1 saturated heterocycles. The molecule has 0 saturated carbocycles. The van der Waals surface area contributed by atoms with E-state index in [1.165, 1.54) is 4.90 Å². The van der Waals surface area contributed by atoms with Gasteiger partial charge in [0.15, 0.2) is 6.61 Å². The number of imide groups is 1. The molecule has 0 atom stereocenters. The first-order valence-electron chi connectivity index (χ1n) is 10.9. The number of ether oxygens (including phenoxy) is 1. The van der Waals surface area contributed by atoms with E-state index in [0.717, 1.165) is 32.9 Å². The fraction of sp³-hybridized carbons (Fsp3) is 0.148. The molecule has 0 radical (unpaired) electrons. The fourth-order valence-corrected chi connectivity index (χ4v) is 4.69. The third kappa shape index (κ3) is 6.41. The highest BCUT2D eigenvalue weighted by Gasteiger charge is 2.35. The zero-order valence-electron chi connectivity index (χ0n) is 19.2. The molecular formula is C27H23BrN2O4S. The number of benzene rings is 3. The molecule has 6 nitrogen and oxygen atoms in total. The number of halogens is 1. The van der Waals surface area contributed by atoms with Crippen molar-refractivity contribution in [1.29, 1.82) is 0 Å². The minimum absolute atomic E-state index is 0.203. The fourth-order valence-electron chi connectivity index (χ4n) is 3.48. The Kier molecular flexibility index (Phi) is 7.73. The highest BCUT2D eigenvalue weighted by atomic mass is 79.9. The number of amides is 3. The molecule has 1 aliphatic heterocycles. The van der Waals surface area contributed by atoms with Gasteiger partial charge < -0.3 is 10.1 Å². The molecule has 178 valence electrons. The summed E-state index contributed by atoms with van der Waals surface area (Å²) in [5, 5.41) is 2.48. The Morgan fingerprint density at radius 2 is 1.80 bits per heavy atom. The van der Waals surface area contributed by atoms with Crippen LogP contribution in [0.15, 0.2) is 76.1 Å². The second-order valence-corrected chi connectivity index (χ2v) is 10.1. The summed E-state index contributed by atoms with van der Waals surface area (Å²) in [6.45, 7) is 3.94. The molecule has 1 fully saturated rings. The number of hydrogen-bond donors (Lipinski definition) is 1. The lowest BCUT2D eigenvalue weighted by atomic mass is 10.1. The molecule has 3 aromatic rings. The number of nitrogens with zero attached hydrogens (tertiary/aromatic N) is 1. The molecule has 1 N–H and O–H groups in total. The minimum atomic E-state index is -0.358. The van der Waals surface area contributed by atoms with E-state index >= 15 is 0 Å². The number of rotatable bonds is 7. The van der Waals surface area contributed by atoms with E-state index in [-0.39, 0.29) is 30.2 Å². The number of carbonyl (C=O) groups excluding carboxylic acids is 3. The third-order valence-corrected chi connectivity index (χ3v) is 6.65. The Labute approximate surface area is 216 Å². The molecule has 1 heterocycles. The maximum atomic E-state index is 13.0. The maximum Gasteiger partial charge on any atom is 0.293 e. The van der Waals surface area contributed by atoms with E-state index in [9.17, 15) is 14.4 Å². The number of nitrogens with one attached hydrogen (secondary N) is 1. The third-order valence-electron chi connectivity index (χ3n) is 5.25. The van der Waals surface area contributed by atoms with Crippen LogP contribution in [-0.2, 0) is 16.1 Å². The standard InChI is InChI=1S/C27H23BrN2O4S/c1-17-6-8-19(9-7-17)15-30-26(32)24(35-27(30)33)14-20-13-21(28)10-11-23(20)34-16-25(31)29-22-5-3-4-18(2)12-22/h3-14H,15-16H2,1-2H3,(H,29,31)/b24-14-. The number of carbonyl (C=O) groups is 3. The van der Waals surface area contributed by atoms with Gasteiger partial charge in [-0.15, -0.1) is 0 Å². The summed E-state index contributed by atoms with van der Waals surface area (Å²) < 4.78 is 6.54. The molecule has 3 amide bonds. The Bertz CT molecular complexity index is 1320. The first-order chi connectivity index (χ1) is 16.8. The lowest BCUT2D eigenvalue weighted by Gasteiger charge is -2.13. The topological polar surface area (TPSA) is 75.7 Å². The smallest absolute Gasteiger partial charge is 0.293 e. The molecule has 4 rings (SSSR count). The van der Waals surface area contributed by atoms with E-state index in [0.29, 0.717) is 21.9 Å². The molecule has 3 aromatic carbocycles. The van der Waals surface area contributed by atoms with Crippen LogP contribution < -0.4 is 10.1 Å². The minimum Gasteiger partial charge on any atom is -0.483 e. The van der Waals surface area contributed by atoms with Gasteiger partial charge >= 0.3 is 0 Å². The normalized spacial score (nSPS) is 14.5. The van der Waals surface area contributed by atoms with Crippen LogP contribution in [0.3, 0.4) is 0 Å². The zero-order chi connectivity index (χ0) is 24.9. The first-order valence-corrected chi connectivity index (χ1v) is 12.5. The Balaban J connectivity index is 1.47. The Morgan fingerprint density at radius 1 is 1.03 bits per heavy atom. The van der Waals surface area contributed by atoms with Crippen LogP contribution in [0, 0.1) is 13.8 Å². The van der Waals surface area contributed by atoms with Gasteiger partial charge in [-0.05, 0) is 73.1 Å². The SMILES string of the molecule is Cc1ccc(CN2C(=O)S/C(=C\c3cc(Br)ccc3OCC(=O)Nc3cccc(C)c3)C2=O)cc1. The van der Waals surface area contributed by atoms with Crippen molar-refractivity contribution in [2.45, 2.75) is 20.4 Å². The quantitative estimate of drug-likeness (QED) is 0.348. The molecule has 0 aromatic heterocycles. The Hall–Kier alpha value is -3.36. The Morgan fingerprint density at radius 3 is 2.54 bits per heavy atom. The maximum absolute atomic E-state index is 13.0. The van der Waals surface area contributed by atoms with Gasteiger partial charge in [0.05, 0.1) is 11.4 Å². The van der Waals surface area contributed by atoms with Crippen molar-refractivity contribution >= 4 is 56.5 Å². The highest BCUT2D eigenvalue weighted by Crippen LogP contribution is 2.35. The van der Waals surface area contributed by atoms with Crippen LogP contribution in [0.5, 0.6) is 5.75 Å². The first kappa shape index (κ1) is 24.8. The van der Waals surface area contributed by atoms with Gasteiger partial charge in [0, 0.05) is 15.7 Å². The van der Waals surface area contributed by atoms with Crippen molar-refractivity contribution in [3.8, 4) is 5.75 Å². The van der Waals surface area contributed by atoms with Crippen molar-refractivity contribution in [1.82, 2.24) is 4.90 Å². The molecule has 0 unspecified atom stereocenters. The van der Waals surface area contributed by atoms with Crippen LogP contribution in [0.4, 0.5) is 10.5 Å². The molecule has 0 aliphatic carbocycles. The lowest BCUT2D eigenvalue weighted by Crippen LogP contribution is -2.27. The van der Waals surface area contributed by atoms with E-state index in [1.807, 2.05) is 62.4 Å². The van der Waals surface area contributed by atoms with Crippen LogP contribution in [-0.4, -0.2) is 28.6 Å². The largest absolute Gasteiger partial charge is 0.483 e. The van der Waals surface area contributed by atoms with Crippen LogP contribution in [0.1, 0.15) is 22.3 Å². The van der Waals surface area contributed by atoms with Gasteiger partial charge in [-0.2, -0.15) is 0 Å². The monoisotopic (exact) mass is 550 g/mol. The van der Waals surface area contributed by atoms with Crippen molar-refractivity contribution in [3.05, 3.63) is 98.4 Å². The van der Waals surface area contributed by atoms with Crippen LogP contribution in [0.25, 0.3) is 6.08 Å². The van der Waals surface area contributed by atoms with Gasteiger partial charge in [0.1, 0.15) is 5.75 Å². The molecule has 1 aliphatic rings. The molecule has 0 spiro atoms. The van der Waals surface area contributed by atoms with Crippen molar-refractivity contribution in [2.75, 3.05) is 11.9 Å². The number of thioether (sulfide) groups is 1. The molecule has 8 heteroatoms. The van der Waals surface area contributed by atoms with E-state index < -0.39 is 0 Å². The summed E-state index contributed by atoms with van der Waals surface area (Å²) in [4.78, 5) is 39.5. The van der Waals surface area contributed by atoms with E-state index in [4.69, 9.17) is 4.74 Å². The van der Waals surface area contributed by atoms with Crippen molar-refractivity contribution in [3.63, 3.8) is 0 Å². The van der Waals surface area contributed by atoms with Gasteiger partial charge in [-0.1, -0.05) is 57.9 Å². The predicted octanol–water partition coefficient (Wildman–Crippen LogP) is 6.32. The second-order valence-electron chi connectivity index (χ2n) is 8.14. The van der Waals surface area contributed by atoms with Crippen molar-refractivity contribution < 1.29 is 19.1 Å². The summed E-state index contributed by atoms with van der Waals surface area (Å²) >= 11 is 4.32. The summed E-state index contributed by atoms with van der Waals surface area (Å²) in [6, 6.07) is 20.5. The van der Waals surface area contributed by atoms with Crippen LogP contribution >= 0.6 is 27.7 Å². The predicted molar refractivity (Wildman–Crippen MR) is 142 cm³/mol. The van der Waals surface area contributed by atoms with E-state index in [2.05, 4.69) is 21.2 Å². The van der Waals surface area contributed by atoms with Gasteiger partial charge in [-0.25, -0.2) is 0 Å².